The topological polar surface area (TPSA) is 52.6 Å². The van der Waals surface area contributed by atoms with E-state index in [2.05, 4.69) is 12.2 Å². The highest BCUT2D eigenvalue weighted by Gasteiger charge is 2.27. The first kappa shape index (κ1) is 13.8. The van der Waals surface area contributed by atoms with Crippen molar-refractivity contribution in [1.29, 1.82) is 0 Å². The van der Waals surface area contributed by atoms with Gasteiger partial charge in [-0.05, 0) is 50.6 Å². The van der Waals surface area contributed by atoms with Crippen molar-refractivity contribution in [1.82, 2.24) is 10.2 Å². The number of amides is 1. The summed E-state index contributed by atoms with van der Waals surface area (Å²) in [6.45, 7) is 5.61. The minimum Gasteiger partial charge on any atom is -0.391 e. The molecule has 2 N–H and O–H groups in total. The maximum atomic E-state index is 12.1. The summed E-state index contributed by atoms with van der Waals surface area (Å²) in [6.07, 6.45) is 4.68. The number of nitrogens with one attached hydrogen (secondary N) is 1. The zero-order chi connectivity index (χ0) is 13.0. The first-order valence-electron chi connectivity index (χ1n) is 7.33. The summed E-state index contributed by atoms with van der Waals surface area (Å²) in [4.78, 5) is 13.9. The average Bonchev–Trinajstić information content (AvgIpc) is 2.40. The number of hydrogen-bond acceptors (Lipinski definition) is 3. The second-order valence-electron chi connectivity index (χ2n) is 5.91. The lowest BCUT2D eigenvalue weighted by molar-refractivity contribution is -0.135. The van der Waals surface area contributed by atoms with Crippen LogP contribution in [0.25, 0.3) is 0 Å². The lowest BCUT2D eigenvalue weighted by atomic mass is 9.92. The smallest absolute Gasteiger partial charge is 0.222 e. The average molecular weight is 254 g/mol. The van der Waals surface area contributed by atoms with E-state index >= 15 is 0 Å². The number of likely N-dealkylation sites (tertiary alicyclic amines) is 1. The molecule has 0 aromatic carbocycles. The highest BCUT2D eigenvalue weighted by molar-refractivity contribution is 5.76. The second-order valence-corrected chi connectivity index (χ2v) is 5.91. The number of rotatable bonds is 3. The molecule has 0 aromatic rings. The van der Waals surface area contributed by atoms with Crippen LogP contribution in [0.5, 0.6) is 0 Å². The van der Waals surface area contributed by atoms with Gasteiger partial charge in [0.2, 0.25) is 5.91 Å². The monoisotopic (exact) mass is 254 g/mol. The van der Waals surface area contributed by atoms with Gasteiger partial charge in [0.1, 0.15) is 0 Å². The van der Waals surface area contributed by atoms with Crippen molar-refractivity contribution in [2.75, 3.05) is 26.2 Å². The van der Waals surface area contributed by atoms with Crippen LogP contribution in [0.1, 0.15) is 39.0 Å². The molecule has 4 heteroatoms. The quantitative estimate of drug-likeness (QED) is 0.790. The fraction of sp³-hybridized carbons (Fsp3) is 0.929. The minimum atomic E-state index is -0.332. The van der Waals surface area contributed by atoms with Gasteiger partial charge in [0.05, 0.1) is 6.10 Å². The number of nitrogens with zero attached hydrogens (tertiary/aromatic N) is 1. The molecule has 0 saturated carbocycles. The summed E-state index contributed by atoms with van der Waals surface area (Å²) in [7, 11) is 0. The predicted molar refractivity (Wildman–Crippen MR) is 71.2 cm³/mol. The van der Waals surface area contributed by atoms with Crippen LogP contribution in [-0.2, 0) is 4.79 Å². The molecule has 2 atom stereocenters. The van der Waals surface area contributed by atoms with Crippen molar-refractivity contribution < 1.29 is 9.90 Å². The van der Waals surface area contributed by atoms with Crippen LogP contribution in [-0.4, -0.2) is 48.2 Å². The van der Waals surface area contributed by atoms with Crippen molar-refractivity contribution in [3.05, 3.63) is 0 Å². The zero-order valence-corrected chi connectivity index (χ0v) is 11.4. The van der Waals surface area contributed by atoms with Crippen LogP contribution in [0.4, 0.5) is 0 Å². The number of carbonyl (C=O) groups excluding carboxylic acids is 1. The summed E-state index contributed by atoms with van der Waals surface area (Å²) in [5, 5.41) is 13.2. The molecule has 0 bridgehead atoms. The van der Waals surface area contributed by atoms with E-state index in [4.69, 9.17) is 0 Å². The van der Waals surface area contributed by atoms with Crippen molar-refractivity contribution in [3.63, 3.8) is 0 Å². The largest absolute Gasteiger partial charge is 0.391 e. The van der Waals surface area contributed by atoms with Crippen LogP contribution >= 0.6 is 0 Å². The fourth-order valence-electron chi connectivity index (χ4n) is 2.93. The molecule has 2 aliphatic rings. The Morgan fingerprint density at radius 1 is 1.33 bits per heavy atom. The van der Waals surface area contributed by atoms with Crippen LogP contribution in [0.2, 0.25) is 0 Å². The number of aliphatic hydroxyl groups is 1. The number of carbonyl (C=O) groups is 1. The van der Waals surface area contributed by atoms with E-state index in [1.54, 1.807) is 0 Å². The van der Waals surface area contributed by atoms with E-state index in [9.17, 15) is 9.90 Å². The summed E-state index contributed by atoms with van der Waals surface area (Å²) < 4.78 is 0. The Kier molecular flexibility index (Phi) is 5.01. The summed E-state index contributed by atoms with van der Waals surface area (Å²) in [6, 6.07) is 0. The molecule has 0 spiro atoms. The van der Waals surface area contributed by atoms with Crippen molar-refractivity contribution in [2.24, 2.45) is 11.8 Å². The van der Waals surface area contributed by atoms with E-state index in [0.29, 0.717) is 24.8 Å². The molecule has 2 unspecified atom stereocenters. The number of β-amino-alcohol motifs (C(OH)–C–C–N with tert-alkyl or cyclic N) is 1. The van der Waals surface area contributed by atoms with Crippen LogP contribution in [0.15, 0.2) is 0 Å². The highest BCUT2D eigenvalue weighted by Crippen LogP contribution is 2.21. The third-order valence-corrected chi connectivity index (χ3v) is 4.50. The van der Waals surface area contributed by atoms with Gasteiger partial charge in [0, 0.05) is 19.5 Å². The molecule has 2 heterocycles. The Balaban J connectivity index is 1.70. The van der Waals surface area contributed by atoms with E-state index in [1.807, 2.05) is 4.90 Å². The van der Waals surface area contributed by atoms with Gasteiger partial charge >= 0.3 is 0 Å². The molecule has 2 fully saturated rings. The first-order valence-corrected chi connectivity index (χ1v) is 7.33. The molecular weight excluding hydrogens is 228 g/mol. The standard InChI is InChI=1S/C14H26N2O2/c1-11-6-9-16(10-13(11)17)14(18)3-2-12-4-7-15-8-5-12/h11-13,15,17H,2-10H2,1H3. The van der Waals surface area contributed by atoms with Gasteiger partial charge in [0.15, 0.2) is 0 Å². The van der Waals surface area contributed by atoms with Gasteiger partial charge in [0.25, 0.3) is 0 Å². The summed E-state index contributed by atoms with van der Waals surface area (Å²) >= 11 is 0. The van der Waals surface area contributed by atoms with E-state index < -0.39 is 0 Å². The summed E-state index contributed by atoms with van der Waals surface area (Å²) in [5.41, 5.74) is 0. The van der Waals surface area contributed by atoms with Gasteiger partial charge in [-0.25, -0.2) is 0 Å². The molecule has 0 aliphatic carbocycles. The maximum Gasteiger partial charge on any atom is 0.222 e. The number of piperidine rings is 2. The third kappa shape index (κ3) is 3.69. The minimum absolute atomic E-state index is 0.236. The summed E-state index contributed by atoms with van der Waals surface area (Å²) in [5.74, 6) is 1.28. The molecule has 0 radical (unpaired) electrons. The Morgan fingerprint density at radius 3 is 2.72 bits per heavy atom. The van der Waals surface area contributed by atoms with Crippen LogP contribution < -0.4 is 5.32 Å². The van der Waals surface area contributed by atoms with Gasteiger partial charge in [-0.2, -0.15) is 0 Å². The zero-order valence-electron chi connectivity index (χ0n) is 11.4. The lowest BCUT2D eigenvalue weighted by Crippen LogP contribution is -2.45. The number of hydrogen-bond donors (Lipinski definition) is 2. The Morgan fingerprint density at radius 2 is 2.06 bits per heavy atom. The lowest BCUT2D eigenvalue weighted by Gasteiger charge is -2.34. The van der Waals surface area contributed by atoms with Gasteiger partial charge in [-0.3, -0.25) is 4.79 Å². The molecule has 0 aromatic heterocycles. The van der Waals surface area contributed by atoms with Crippen molar-refractivity contribution in [2.45, 2.75) is 45.1 Å². The highest BCUT2D eigenvalue weighted by atomic mass is 16.3. The first-order chi connectivity index (χ1) is 8.66. The maximum absolute atomic E-state index is 12.1. The molecule has 2 saturated heterocycles. The second kappa shape index (κ2) is 6.53. The molecule has 18 heavy (non-hydrogen) atoms. The fourth-order valence-corrected chi connectivity index (χ4v) is 2.93. The number of aliphatic hydroxyl groups excluding tert-OH is 1. The predicted octanol–water partition coefficient (Wildman–Crippen LogP) is 0.995. The SMILES string of the molecule is CC1CCN(C(=O)CCC2CCNCC2)CC1O. The third-order valence-electron chi connectivity index (χ3n) is 4.50. The molecule has 4 nitrogen and oxygen atoms in total. The Hall–Kier alpha value is -0.610. The van der Waals surface area contributed by atoms with Gasteiger partial charge in [-0.15, -0.1) is 0 Å². The molecule has 2 aliphatic heterocycles. The van der Waals surface area contributed by atoms with E-state index in [1.165, 1.54) is 12.8 Å². The van der Waals surface area contributed by atoms with Gasteiger partial charge in [-0.1, -0.05) is 6.92 Å². The van der Waals surface area contributed by atoms with Crippen LogP contribution in [0, 0.1) is 11.8 Å². The Labute approximate surface area is 110 Å². The normalized spacial score (nSPS) is 30.4. The molecule has 2 rings (SSSR count). The van der Waals surface area contributed by atoms with Crippen LogP contribution in [0.3, 0.4) is 0 Å². The van der Waals surface area contributed by atoms with E-state index in [0.717, 1.165) is 32.5 Å². The molecule has 1 amide bonds. The molecule has 104 valence electrons. The van der Waals surface area contributed by atoms with Gasteiger partial charge < -0.3 is 15.3 Å². The van der Waals surface area contributed by atoms with Crippen molar-refractivity contribution in [3.8, 4) is 0 Å². The molecular formula is C14H26N2O2. The van der Waals surface area contributed by atoms with Crippen molar-refractivity contribution >= 4 is 5.91 Å². The Bertz CT molecular complexity index is 277. The van der Waals surface area contributed by atoms with E-state index in [-0.39, 0.29) is 12.0 Å².